The minimum Gasteiger partial charge on any atom is -0.322 e. The first-order valence-electron chi connectivity index (χ1n) is 9.07. The Balaban J connectivity index is 1.57. The van der Waals surface area contributed by atoms with Crippen LogP contribution in [0.1, 0.15) is 47.2 Å². The molecule has 0 saturated heterocycles. The molecule has 0 bridgehead atoms. The average molecular weight is 370 g/mol. The Morgan fingerprint density at radius 3 is 2.58 bits per heavy atom. The van der Waals surface area contributed by atoms with Gasteiger partial charge in [0, 0.05) is 17.3 Å². The van der Waals surface area contributed by atoms with Gasteiger partial charge in [0.1, 0.15) is 0 Å². The fourth-order valence-electron chi connectivity index (χ4n) is 3.39. The van der Waals surface area contributed by atoms with Gasteiger partial charge >= 0.3 is 0 Å². The van der Waals surface area contributed by atoms with Crippen LogP contribution in [0.5, 0.6) is 0 Å². The third-order valence-corrected chi connectivity index (χ3v) is 6.47. The van der Waals surface area contributed by atoms with E-state index in [0.717, 1.165) is 37.8 Å². The summed E-state index contributed by atoms with van der Waals surface area (Å²) in [7, 11) is -3.57. The molecular formula is C20H22N2O3S. The summed E-state index contributed by atoms with van der Waals surface area (Å²) in [5.74, 6) is -0.285. The number of aryl methyl sites for hydroxylation is 1. The van der Waals surface area contributed by atoms with E-state index in [-0.39, 0.29) is 16.8 Å². The summed E-state index contributed by atoms with van der Waals surface area (Å²) in [5, 5.41) is 2.96. The van der Waals surface area contributed by atoms with Crippen molar-refractivity contribution in [1.82, 2.24) is 4.72 Å². The van der Waals surface area contributed by atoms with Gasteiger partial charge in [-0.1, -0.05) is 18.2 Å². The molecule has 0 spiro atoms. The minimum absolute atomic E-state index is 0.0355. The number of hydrogen-bond donors (Lipinski definition) is 2. The van der Waals surface area contributed by atoms with E-state index in [1.807, 2.05) is 12.1 Å². The molecule has 0 radical (unpaired) electrons. The van der Waals surface area contributed by atoms with E-state index < -0.39 is 10.0 Å². The smallest absolute Gasteiger partial charge is 0.255 e. The van der Waals surface area contributed by atoms with Crippen molar-refractivity contribution in [2.24, 2.45) is 0 Å². The van der Waals surface area contributed by atoms with E-state index in [2.05, 4.69) is 16.1 Å². The van der Waals surface area contributed by atoms with Crippen LogP contribution >= 0.6 is 0 Å². The van der Waals surface area contributed by atoms with Gasteiger partial charge in [-0.3, -0.25) is 4.79 Å². The van der Waals surface area contributed by atoms with Crippen molar-refractivity contribution in [2.45, 2.75) is 49.5 Å². The van der Waals surface area contributed by atoms with Crippen molar-refractivity contribution in [2.75, 3.05) is 5.32 Å². The molecule has 0 aliphatic heterocycles. The molecule has 0 aromatic heterocycles. The predicted octanol–water partition coefficient (Wildman–Crippen LogP) is 3.26. The van der Waals surface area contributed by atoms with Gasteiger partial charge in [-0.25, -0.2) is 13.1 Å². The molecule has 1 amide bonds. The second-order valence-corrected chi connectivity index (χ2v) is 8.74. The van der Waals surface area contributed by atoms with E-state index in [1.54, 1.807) is 12.1 Å². The molecule has 5 nitrogen and oxygen atoms in total. The van der Waals surface area contributed by atoms with Gasteiger partial charge in [-0.2, -0.15) is 0 Å². The zero-order chi connectivity index (χ0) is 18.1. The van der Waals surface area contributed by atoms with Crippen LogP contribution < -0.4 is 10.0 Å². The fourth-order valence-corrected chi connectivity index (χ4v) is 4.74. The number of rotatable bonds is 5. The molecule has 6 heteroatoms. The van der Waals surface area contributed by atoms with Gasteiger partial charge in [-0.05, 0) is 73.9 Å². The molecule has 26 heavy (non-hydrogen) atoms. The van der Waals surface area contributed by atoms with Gasteiger partial charge < -0.3 is 5.32 Å². The minimum atomic E-state index is -3.57. The molecule has 1 fully saturated rings. The van der Waals surface area contributed by atoms with Crippen LogP contribution in [0.4, 0.5) is 5.69 Å². The molecule has 0 unspecified atom stereocenters. The van der Waals surface area contributed by atoms with Crippen LogP contribution in [0.3, 0.4) is 0 Å². The first kappa shape index (κ1) is 17.2. The van der Waals surface area contributed by atoms with E-state index in [9.17, 15) is 13.2 Å². The normalized spacial score (nSPS) is 16.8. The maximum absolute atomic E-state index is 12.7. The van der Waals surface area contributed by atoms with Crippen molar-refractivity contribution in [1.29, 1.82) is 0 Å². The van der Waals surface area contributed by atoms with Gasteiger partial charge in [-0.15, -0.1) is 0 Å². The lowest BCUT2D eigenvalue weighted by molar-refractivity contribution is 0.102. The summed E-state index contributed by atoms with van der Waals surface area (Å²) in [6.07, 6.45) is 6.06. The Morgan fingerprint density at radius 1 is 1.00 bits per heavy atom. The summed E-state index contributed by atoms with van der Waals surface area (Å²) in [6, 6.07) is 12.2. The lowest BCUT2D eigenvalue weighted by atomic mass is 9.90. The number of sulfonamides is 1. The number of benzene rings is 2. The highest BCUT2D eigenvalue weighted by Gasteiger charge is 2.28. The van der Waals surface area contributed by atoms with Crippen LogP contribution in [-0.4, -0.2) is 20.4 Å². The number of hydrogen-bond acceptors (Lipinski definition) is 3. The SMILES string of the molecule is O=C(Nc1cccc2c1CCCC2)c1cccc(S(=O)(=O)NC2CC2)c1. The largest absolute Gasteiger partial charge is 0.322 e. The third kappa shape index (κ3) is 3.66. The van der Waals surface area contributed by atoms with E-state index in [0.29, 0.717) is 5.56 Å². The van der Waals surface area contributed by atoms with Crippen LogP contribution in [0.2, 0.25) is 0 Å². The van der Waals surface area contributed by atoms with E-state index in [1.165, 1.54) is 29.7 Å². The molecule has 2 aromatic rings. The highest BCUT2D eigenvalue weighted by Crippen LogP contribution is 2.28. The number of carbonyl (C=O) groups excluding carboxylic acids is 1. The highest BCUT2D eigenvalue weighted by atomic mass is 32.2. The highest BCUT2D eigenvalue weighted by molar-refractivity contribution is 7.89. The molecule has 0 heterocycles. The van der Waals surface area contributed by atoms with Gasteiger partial charge in [0.15, 0.2) is 0 Å². The zero-order valence-corrected chi connectivity index (χ0v) is 15.3. The van der Waals surface area contributed by atoms with Crippen LogP contribution in [0, 0.1) is 0 Å². The van der Waals surface area contributed by atoms with Gasteiger partial charge in [0.05, 0.1) is 4.90 Å². The lowest BCUT2D eigenvalue weighted by Crippen LogP contribution is -2.26. The molecular weight excluding hydrogens is 348 g/mol. The third-order valence-electron chi connectivity index (χ3n) is 4.95. The molecule has 0 atom stereocenters. The van der Waals surface area contributed by atoms with Crippen molar-refractivity contribution in [3.63, 3.8) is 0 Å². The van der Waals surface area contributed by atoms with Crippen molar-refractivity contribution in [3.8, 4) is 0 Å². The van der Waals surface area contributed by atoms with Crippen LogP contribution in [-0.2, 0) is 22.9 Å². The molecule has 4 rings (SSSR count). The molecule has 1 saturated carbocycles. The monoisotopic (exact) mass is 370 g/mol. The first-order valence-corrected chi connectivity index (χ1v) is 10.6. The number of amides is 1. The Hall–Kier alpha value is -2.18. The molecule has 2 aliphatic carbocycles. The van der Waals surface area contributed by atoms with Crippen molar-refractivity contribution < 1.29 is 13.2 Å². The zero-order valence-electron chi connectivity index (χ0n) is 14.5. The standard InChI is InChI=1S/C20H22N2O3S/c23-20(21-19-10-4-6-14-5-1-2-9-18(14)19)15-7-3-8-17(13-15)26(24,25)22-16-11-12-16/h3-4,6-8,10,13,16,22H,1-2,5,9,11-12H2,(H,21,23). The quantitative estimate of drug-likeness (QED) is 0.848. The Labute approximate surface area is 153 Å². The molecule has 2 N–H and O–H groups in total. The first-order chi connectivity index (χ1) is 12.5. The fraction of sp³-hybridized carbons (Fsp3) is 0.350. The summed E-state index contributed by atoms with van der Waals surface area (Å²) >= 11 is 0. The summed E-state index contributed by atoms with van der Waals surface area (Å²) in [4.78, 5) is 12.8. The Morgan fingerprint density at radius 2 is 1.77 bits per heavy atom. The van der Waals surface area contributed by atoms with Crippen LogP contribution in [0.15, 0.2) is 47.4 Å². The van der Waals surface area contributed by atoms with E-state index in [4.69, 9.17) is 0 Å². The molecule has 2 aliphatic rings. The second kappa shape index (κ2) is 6.85. The van der Waals surface area contributed by atoms with Crippen molar-refractivity contribution >= 4 is 21.6 Å². The predicted molar refractivity (Wildman–Crippen MR) is 101 cm³/mol. The lowest BCUT2D eigenvalue weighted by Gasteiger charge is -2.19. The maximum atomic E-state index is 12.7. The number of carbonyl (C=O) groups is 1. The molecule has 136 valence electrons. The molecule has 2 aromatic carbocycles. The summed E-state index contributed by atoms with van der Waals surface area (Å²) < 4.78 is 27.4. The van der Waals surface area contributed by atoms with Crippen molar-refractivity contribution in [3.05, 3.63) is 59.2 Å². The summed E-state index contributed by atoms with van der Waals surface area (Å²) in [5.41, 5.74) is 3.67. The summed E-state index contributed by atoms with van der Waals surface area (Å²) in [6.45, 7) is 0. The number of nitrogens with one attached hydrogen (secondary N) is 2. The Bertz CT molecular complexity index is 949. The van der Waals surface area contributed by atoms with E-state index >= 15 is 0 Å². The topological polar surface area (TPSA) is 75.3 Å². The number of fused-ring (bicyclic) bond motifs is 1. The second-order valence-electron chi connectivity index (χ2n) is 7.03. The van der Waals surface area contributed by atoms with Crippen LogP contribution in [0.25, 0.3) is 0 Å². The van der Waals surface area contributed by atoms with Gasteiger partial charge in [0.2, 0.25) is 10.0 Å². The van der Waals surface area contributed by atoms with Gasteiger partial charge in [0.25, 0.3) is 5.91 Å². The Kier molecular flexibility index (Phi) is 4.54. The maximum Gasteiger partial charge on any atom is 0.255 e. The number of anilines is 1. The average Bonchev–Trinajstić information content (AvgIpc) is 3.45.